The minimum absolute atomic E-state index is 0.220. The van der Waals surface area contributed by atoms with E-state index in [9.17, 15) is 4.79 Å². The van der Waals surface area contributed by atoms with Crippen molar-refractivity contribution in [2.24, 2.45) is 5.92 Å². The zero-order valence-corrected chi connectivity index (χ0v) is 11.8. The topological polar surface area (TPSA) is 61.9 Å². The number of nitrogens with zero attached hydrogens (tertiary/aromatic N) is 4. The van der Waals surface area contributed by atoms with Crippen molar-refractivity contribution in [2.45, 2.75) is 40.3 Å². The summed E-state index contributed by atoms with van der Waals surface area (Å²) in [4.78, 5) is 14.4. The lowest BCUT2D eigenvalue weighted by atomic mass is 10.00. The van der Waals surface area contributed by atoms with Crippen molar-refractivity contribution in [3.63, 3.8) is 0 Å². The summed E-state index contributed by atoms with van der Waals surface area (Å²) >= 11 is 0. The molecule has 1 saturated heterocycles. The first-order valence-electron chi connectivity index (χ1n) is 6.73. The molecule has 19 heavy (non-hydrogen) atoms. The Hall–Kier alpha value is -1.67. The lowest BCUT2D eigenvalue weighted by Crippen LogP contribution is -2.39. The number of aryl methyl sites for hydroxylation is 1. The zero-order valence-electron chi connectivity index (χ0n) is 11.8. The Labute approximate surface area is 113 Å². The lowest BCUT2D eigenvalue weighted by Gasteiger charge is -2.30. The van der Waals surface area contributed by atoms with Gasteiger partial charge >= 0.3 is 0 Å². The van der Waals surface area contributed by atoms with Gasteiger partial charge in [-0.15, -0.1) is 0 Å². The van der Waals surface area contributed by atoms with E-state index in [0.717, 1.165) is 37.5 Å². The predicted molar refractivity (Wildman–Crippen MR) is 72.7 cm³/mol. The van der Waals surface area contributed by atoms with Crippen LogP contribution >= 0.6 is 0 Å². The lowest BCUT2D eigenvalue weighted by molar-refractivity contribution is 0.143. The van der Waals surface area contributed by atoms with E-state index < -0.39 is 0 Å². The molecule has 5 nitrogen and oxygen atoms in total. The highest BCUT2D eigenvalue weighted by molar-refractivity contribution is 5.36. The molecule has 1 fully saturated rings. The first kappa shape index (κ1) is 13.8. The monoisotopic (exact) mass is 260 g/mol. The summed E-state index contributed by atoms with van der Waals surface area (Å²) in [6.07, 6.45) is 2.31. The zero-order chi connectivity index (χ0) is 14.0. The van der Waals surface area contributed by atoms with Gasteiger partial charge in [0, 0.05) is 13.1 Å². The van der Waals surface area contributed by atoms with Crippen LogP contribution in [0.2, 0.25) is 0 Å². The van der Waals surface area contributed by atoms with Gasteiger partial charge in [0.15, 0.2) is 0 Å². The third kappa shape index (κ3) is 2.85. The molecule has 0 atom stereocenters. The number of nitriles is 1. The van der Waals surface area contributed by atoms with Crippen molar-refractivity contribution in [3.8, 4) is 6.07 Å². The Morgan fingerprint density at radius 1 is 1.37 bits per heavy atom. The molecule has 0 unspecified atom stereocenters. The van der Waals surface area contributed by atoms with Crippen LogP contribution in [0.15, 0.2) is 4.79 Å². The van der Waals surface area contributed by atoms with Gasteiger partial charge in [-0.25, -0.2) is 4.68 Å². The highest BCUT2D eigenvalue weighted by Crippen LogP contribution is 2.16. The molecular formula is C14H20N4O. The molecular weight excluding hydrogens is 240 g/mol. The maximum absolute atomic E-state index is 12.2. The van der Waals surface area contributed by atoms with Crippen molar-refractivity contribution in [2.75, 3.05) is 13.1 Å². The summed E-state index contributed by atoms with van der Waals surface area (Å²) in [5, 5.41) is 13.4. The van der Waals surface area contributed by atoms with Crippen molar-refractivity contribution in [3.05, 3.63) is 27.2 Å². The third-order valence-corrected chi connectivity index (χ3v) is 3.96. The fraction of sp³-hybridized carbons (Fsp3) is 0.643. The van der Waals surface area contributed by atoms with E-state index in [2.05, 4.69) is 16.9 Å². The van der Waals surface area contributed by atoms with Crippen LogP contribution in [0.25, 0.3) is 0 Å². The Kier molecular flexibility index (Phi) is 4.01. The first-order valence-corrected chi connectivity index (χ1v) is 6.73. The Balaban J connectivity index is 2.24. The van der Waals surface area contributed by atoms with E-state index in [1.807, 2.05) is 13.0 Å². The fourth-order valence-corrected chi connectivity index (χ4v) is 2.39. The van der Waals surface area contributed by atoms with Gasteiger partial charge in [-0.2, -0.15) is 10.4 Å². The Morgan fingerprint density at radius 3 is 2.58 bits per heavy atom. The molecule has 2 heterocycles. The Bertz CT molecular complexity index is 562. The quantitative estimate of drug-likeness (QED) is 0.807. The van der Waals surface area contributed by atoms with Gasteiger partial charge in [0.05, 0.1) is 12.4 Å². The van der Waals surface area contributed by atoms with E-state index in [-0.39, 0.29) is 11.1 Å². The number of rotatable bonds is 2. The third-order valence-electron chi connectivity index (χ3n) is 3.96. The molecule has 0 aromatic carbocycles. The number of piperidine rings is 1. The van der Waals surface area contributed by atoms with Crippen molar-refractivity contribution < 1.29 is 0 Å². The van der Waals surface area contributed by atoms with Crippen LogP contribution in [-0.2, 0) is 6.67 Å². The van der Waals surface area contributed by atoms with Gasteiger partial charge < -0.3 is 0 Å². The van der Waals surface area contributed by atoms with E-state index in [4.69, 9.17) is 5.26 Å². The first-order chi connectivity index (χ1) is 9.02. The molecule has 1 aromatic heterocycles. The molecule has 0 radical (unpaired) electrons. The molecule has 1 aromatic rings. The second kappa shape index (κ2) is 5.54. The minimum Gasteiger partial charge on any atom is -0.284 e. The molecule has 5 heteroatoms. The largest absolute Gasteiger partial charge is 0.286 e. The van der Waals surface area contributed by atoms with Crippen molar-refractivity contribution in [1.29, 1.82) is 5.26 Å². The Morgan fingerprint density at radius 2 is 2.00 bits per heavy atom. The van der Waals surface area contributed by atoms with Gasteiger partial charge in [-0.05, 0) is 38.2 Å². The van der Waals surface area contributed by atoms with Gasteiger partial charge in [-0.1, -0.05) is 6.92 Å². The van der Waals surface area contributed by atoms with Gasteiger partial charge in [0.1, 0.15) is 11.6 Å². The van der Waals surface area contributed by atoms with Crippen LogP contribution in [0, 0.1) is 31.1 Å². The maximum atomic E-state index is 12.2. The highest BCUT2D eigenvalue weighted by atomic mass is 16.1. The standard InChI is InChI=1S/C14H20N4O/c1-10-4-6-17(7-5-10)9-18-14(19)13(8-15)11(2)12(3)16-18/h10H,4-7,9H2,1-3H3. The molecule has 1 aliphatic heterocycles. The summed E-state index contributed by atoms with van der Waals surface area (Å²) in [6.45, 7) is 8.33. The molecule has 102 valence electrons. The van der Waals surface area contributed by atoms with Crippen LogP contribution in [0.1, 0.15) is 36.6 Å². The number of likely N-dealkylation sites (tertiary alicyclic amines) is 1. The molecule has 0 N–H and O–H groups in total. The van der Waals surface area contributed by atoms with Crippen molar-refractivity contribution in [1.82, 2.24) is 14.7 Å². The summed E-state index contributed by atoms with van der Waals surface area (Å²) in [5.41, 5.74) is 1.39. The van der Waals surface area contributed by atoms with E-state index in [1.54, 1.807) is 6.92 Å². The van der Waals surface area contributed by atoms with Crippen LogP contribution in [-0.4, -0.2) is 27.8 Å². The predicted octanol–water partition coefficient (Wildman–Crippen LogP) is 1.42. The smallest absolute Gasteiger partial charge is 0.284 e. The molecule has 2 rings (SSSR count). The molecule has 0 spiro atoms. The van der Waals surface area contributed by atoms with Gasteiger partial charge in [-0.3, -0.25) is 9.69 Å². The van der Waals surface area contributed by atoms with Crippen LogP contribution < -0.4 is 5.56 Å². The molecule has 1 aliphatic rings. The normalized spacial score (nSPS) is 17.4. The van der Waals surface area contributed by atoms with Crippen LogP contribution in [0.3, 0.4) is 0 Å². The number of hydrogen-bond acceptors (Lipinski definition) is 4. The van der Waals surface area contributed by atoms with E-state index >= 15 is 0 Å². The second-order valence-electron chi connectivity index (χ2n) is 5.44. The van der Waals surface area contributed by atoms with E-state index in [0.29, 0.717) is 12.2 Å². The van der Waals surface area contributed by atoms with Crippen molar-refractivity contribution >= 4 is 0 Å². The van der Waals surface area contributed by atoms with Crippen LogP contribution in [0.5, 0.6) is 0 Å². The van der Waals surface area contributed by atoms with E-state index in [1.165, 1.54) is 4.68 Å². The summed E-state index contributed by atoms with van der Waals surface area (Å²) in [7, 11) is 0. The molecule has 0 bridgehead atoms. The maximum Gasteiger partial charge on any atom is 0.286 e. The SMILES string of the molecule is Cc1nn(CN2CCC(C)CC2)c(=O)c(C#N)c1C. The number of hydrogen-bond donors (Lipinski definition) is 0. The van der Waals surface area contributed by atoms with Gasteiger partial charge in [0.25, 0.3) is 5.56 Å². The summed E-state index contributed by atoms with van der Waals surface area (Å²) in [5.74, 6) is 0.760. The minimum atomic E-state index is -0.274. The molecule has 0 saturated carbocycles. The molecule has 0 aliphatic carbocycles. The average Bonchev–Trinajstić information content (AvgIpc) is 2.39. The second-order valence-corrected chi connectivity index (χ2v) is 5.44. The molecule has 0 amide bonds. The summed E-state index contributed by atoms with van der Waals surface area (Å²) in [6, 6.07) is 2.00. The average molecular weight is 260 g/mol. The number of aromatic nitrogens is 2. The van der Waals surface area contributed by atoms with Gasteiger partial charge in [0.2, 0.25) is 0 Å². The summed E-state index contributed by atoms with van der Waals surface area (Å²) < 4.78 is 1.43. The highest BCUT2D eigenvalue weighted by Gasteiger charge is 2.18. The van der Waals surface area contributed by atoms with Crippen LogP contribution in [0.4, 0.5) is 0 Å². The fourth-order valence-electron chi connectivity index (χ4n) is 2.39.